The number of nitrogens with one attached hydrogen (secondary N) is 1. The highest BCUT2D eigenvalue weighted by Gasteiger charge is 2.15. The molecule has 0 fully saturated rings. The van der Waals surface area contributed by atoms with E-state index in [1.165, 1.54) is 0 Å². The van der Waals surface area contributed by atoms with Crippen molar-refractivity contribution < 1.29 is 12.8 Å². The smallest absolute Gasteiger partial charge is 0.161 e. The Balaban J connectivity index is 2.06. The highest BCUT2D eigenvalue weighted by atomic mass is 32.2. The van der Waals surface area contributed by atoms with E-state index in [-0.39, 0.29) is 11.5 Å². The van der Waals surface area contributed by atoms with Crippen molar-refractivity contribution in [1.82, 2.24) is 5.32 Å². The Morgan fingerprint density at radius 3 is 2.55 bits per heavy atom. The lowest BCUT2D eigenvalue weighted by Gasteiger charge is -2.04. The molecule has 0 amide bonds. The number of hydrogen-bond donors (Lipinski definition) is 1. The molecule has 0 aliphatic heterocycles. The Morgan fingerprint density at radius 2 is 1.85 bits per heavy atom. The Morgan fingerprint density at radius 1 is 1.10 bits per heavy atom. The van der Waals surface area contributed by atoms with Gasteiger partial charge in [0.05, 0.1) is 12.3 Å². The molecular formula is C15H19NO3S. The molecule has 0 atom stereocenters. The summed E-state index contributed by atoms with van der Waals surface area (Å²) in [4.78, 5) is 0. The van der Waals surface area contributed by atoms with Gasteiger partial charge in [-0.15, -0.1) is 0 Å². The number of furan rings is 1. The normalized spacial score (nSPS) is 11.7. The molecule has 108 valence electrons. The van der Waals surface area contributed by atoms with Crippen molar-refractivity contribution in [2.75, 3.05) is 7.05 Å². The Bertz CT molecular complexity index is 674. The van der Waals surface area contributed by atoms with E-state index in [0.29, 0.717) is 12.3 Å². The SMILES string of the molecule is CNCc1ccc(CS(=O)(=O)Cc2cccc(C)c2)o1. The van der Waals surface area contributed by atoms with Crippen LogP contribution in [0, 0.1) is 6.92 Å². The van der Waals surface area contributed by atoms with Gasteiger partial charge < -0.3 is 9.73 Å². The lowest BCUT2D eigenvalue weighted by Crippen LogP contribution is -2.07. The van der Waals surface area contributed by atoms with Crippen LogP contribution in [0.1, 0.15) is 22.6 Å². The van der Waals surface area contributed by atoms with Crippen LogP contribution < -0.4 is 5.32 Å². The number of sulfone groups is 1. The molecule has 1 aromatic heterocycles. The fourth-order valence-corrected chi connectivity index (χ4v) is 3.47. The summed E-state index contributed by atoms with van der Waals surface area (Å²) < 4.78 is 29.8. The summed E-state index contributed by atoms with van der Waals surface area (Å²) in [5.74, 6) is 1.21. The largest absolute Gasteiger partial charge is 0.464 e. The lowest BCUT2D eigenvalue weighted by atomic mass is 10.2. The molecule has 20 heavy (non-hydrogen) atoms. The summed E-state index contributed by atoms with van der Waals surface area (Å²) >= 11 is 0. The minimum absolute atomic E-state index is 0.0384. The van der Waals surface area contributed by atoms with Crippen molar-refractivity contribution in [1.29, 1.82) is 0 Å². The van der Waals surface area contributed by atoms with Crippen molar-refractivity contribution in [2.45, 2.75) is 25.0 Å². The molecule has 4 nitrogen and oxygen atoms in total. The van der Waals surface area contributed by atoms with Crippen molar-refractivity contribution >= 4 is 9.84 Å². The number of aryl methyl sites for hydroxylation is 1. The maximum absolute atomic E-state index is 12.2. The minimum Gasteiger partial charge on any atom is -0.464 e. The summed E-state index contributed by atoms with van der Waals surface area (Å²) in [5.41, 5.74) is 1.87. The van der Waals surface area contributed by atoms with Gasteiger partial charge in [-0.25, -0.2) is 8.42 Å². The van der Waals surface area contributed by atoms with Crippen LogP contribution in [0.2, 0.25) is 0 Å². The number of rotatable bonds is 6. The Kier molecular flexibility index (Phi) is 4.62. The van der Waals surface area contributed by atoms with Gasteiger partial charge >= 0.3 is 0 Å². The average molecular weight is 293 g/mol. The third-order valence-electron chi connectivity index (χ3n) is 2.90. The van der Waals surface area contributed by atoms with Gasteiger partial charge in [-0.2, -0.15) is 0 Å². The van der Waals surface area contributed by atoms with Gasteiger partial charge in [0.1, 0.15) is 17.3 Å². The third-order valence-corrected chi connectivity index (χ3v) is 4.40. The molecule has 2 aromatic rings. The lowest BCUT2D eigenvalue weighted by molar-refractivity contribution is 0.465. The standard InChI is InChI=1S/C15H19NO3S/c1-12-4-3-5-13(8-12)10-20(17,18)11-15-7-6-14(19-15)9-16-2/h3-8,16H,9-11H2,1-2H3. The second-order valence-electron chi connectivity index (χ2n) is 4.92. The number of benzene rings is 1. The van der Waals surface area contributed by atoms with Gasteiger partial charge in [0, 0.05) is 0 Å². The van der Waals surface area contributed by atoms with E-state index in [0.717, 1.165) is 16.9 Å². The van der Waals surface area contributed by atoms with Crippen LogP contribution in [0.3, 0.4) is 0 Å². The molecular weight excluding hydrogens is 274 g/mol. The zero-order valence-corrected chi connectivity index (χ0v) is 12.5. The van der Waals surface area contributed by atoms with Gasteiger partial charge in [0.25, 0.3) is 0 Å². The summed E-state index contributed by atoms with van der Waals surface area (Å²) in [6.07, 6.45) is 0. The quantitative estimate of drug-likeness (QED) is 0.888. The zero-order valence-electron chi connectivity index (χ0n) is 11.7. The highest BCUT2D eigenvalue weighted by molar-refractivity contribution is 7.89. The predicted octanol–water partition coefficient (Wildman–Crippen LogP) is 2.42. The first kappa shape index (κ1) is 14.8. The van der Waals surface area contributed by atoms with Crippen molar-refractivity contribution in [3.63, 3.8) is 0 Å². The maximum Gasteiger partial charge on any atom is 0.161 e. The first-order valence-electron chi connectivity index (χ1n) is 6.47. The molecule has 0 saturated carbocycles. The second kappa shape index (κ2) is 6.24. The third kappa shape index (κ3) is 4.21. The molecule has 0 saturated heterocycles. The molecule has 5 heteroatoms. The van der Waals surface area contributed by atoms with Gasteiger partial charge in [-0.05, 0) is 31.7 Å². The first-order valence-corrected chi connectivity index (χ1v) is 8.29. The van der Waals surface area contributed by atoms with Gasteiger partial charge in [0.15, 0.2) is 9.84 Å². The van der Waals surface area contributed by atoms with Crippen LogP contribution in [0.15, 0.2) is 40.8 Å². The van der Waals surface area contributed by atoms with Crippen LogP contribution in [0.5, 0.6) is 0 Å². The van der Waals surface area contributed by atoms with Crippen molar-refractivity contribution in [2.24, 2.45) is 0 Å². The van der Waals surface area contributed by atoms with E-state index in [9.17, 15) is 8.42 Å². The Hall–Kier alpha value is -1.59. The Labute approximate surface area is 119 Å². The zero-order chi connectivity index (χ0) is 14.6. The summed E-state index contributed by atoms with van der Waals surface area (Å²) in [6, 6.07) is 11.1. The van der Waals surface area contributed by atoms with E-state index in [2.05, 4.69) is 5.32 Å². The molecule has 0 spiro atoms. The maximum atomic E-state index is 12.2. The molecule has 0 aliphatic carbocycles. The van der Waals surface area contributed by atoms with Gasteiger partial charge in [-0.1, -0.05) is 29.8 Å². The fourth-order valence-electron chi connectivity index (χ4n) is 2.09. The van der Waals surface area contributed by atoms with Crippen LogP contribution >= 0.6 is 0 Å². The van der Waals surface area contributed by atoms with Crippen LogP contribution in [-0.4, -0.2) is 15.5 Å². The predicted molar refractivity (Wildman–Crippen MR) is 79.0 cm³/mol. The molecule has 2 rings (SSSR count). The van der Waals surface area contributed by atoms with Gasteiger partial charge in [-0.3, -0.25) is 0 Å². The van der Waals surface area contributed by atoms with E-state index >= 15 is 0 Å². The first-order chi connectivity index (χ1) is 9.48. The fraction of sp³-hybridized carbons (Fsp3) is 0.333. The molecule has 0 bridgehead atoms. The molecule has 1 aromatic carbocycles. The molecule has 1 N–H and O–H groups in total. The van der Waals surface area contributed by atoms with Crippen LogP contribution in [0.25, 0.3) is 0 Å². The van der Waals surface area contributed by atoms with Crippen molar-refractivity contribution in [3.05, 3.63) is 59.0 Å². The topological polar surface area (TPSA) is 59.3 Å². The van der Waals surface area contributed by atoms with Crippen LogP contribution in [-0.2, 0) is 27.9 Å². The number of hydrogen-bond acceptors (Lipinski definition) is 4. The van der Waals surface area contributed by atoms with Gasteiger partial charge in [0.2, 0.25) is 0 Å². The summed E-state index contributed by atoms with van der Waals surface area (Å²) in [5, 5.41) is 2.96. The molecule has 1 heterocycles. The average Bonchev–Trinajstić information content (AvgIpc) is 2.75. The molecule has 0 unspecified atom stereocenters. The highest BCUT2D eigenvalue weighted by Crippen LogP contribution is 2.16. The summed E-state index contributed by atoms with van der Waals surface area (Å²) in [6.45, 7) is 2.55. The van der Waals surface area contributed by atoms with Crippen molar-refractivity contribution in [3.8, 4) is 0 Å². The van der Waals surface area contributed by atoms with Crippen LogP contribution in [0.4, 0.5) is 0 Å². The minimum atomic E-state index is -3.22. The monoisotopic (exact) mass is 293 g/mol. The van der Waals surface area contributed by atoms with E-state index in [1.807, 2.05) is 38.2 Å². The molecule has 0 radical (unpaired) electrons. The van der Waals surface area contributed by atoms with E-state index in [1.54, 1.807) is 12.1 Å². The summed E-state index contributed by atoms with van der Waals surface area (Å²) in [7, 11) is -1.40. The van der Waals surface area contributed by atoms with E-state index < -0.39 is 9.84 Å². The second-order valence-corrected chi connectivity index (χ2v) is 6.98. The van der Waals surface area contributed by atoms with E-state index in [4.69, 9.17) is 4.42 Å². The molecule has 0 aliphatic rings.